The topological polar surface area (TPSA) is 63.4 Å². The van der Waals surface area contributed by atoms with E-state index in [1.54, 1.807) is 12.1 Å². The number of hydrogen-bond acceptors (Lipinski definition) is 3. The Hall–Kier alpha value is -1.37. The summed E-state index contributed by atoms with van der Waals surface area (Å²) in [6.45, 7) is 4.60. The van der Waals surface area contributed by atoms with Crippen molar-refractivity contribution in [2.75, 3.05) is 18.8 Å². The van der Waals surface area contributed by atoms with Gasteiger partial charge in [-0.15, -0.1) is 0 Å². The van der Waals surface area contributed by atoms with E-state index in [0.717, 1.165) is 15.6 Å². The van der Waals surface area contributed by atoms with E-state index in [1.165, 1.54) is 4.31 Å². The molecular formula is C16H19BrN2O2S. The second-order valence-corrected chi connectivity index (χ2v) is 7.64. The lowest BCUT2D eigenvalue weighted by Crippen LogP contribution is -2.30. The van der Waals surface area contributed by atoms with Gasteiger partial charge in [0.2, 0.25) is 10.0 Å². The quantitative estimate of drug-likeness (QED) is 0.801. The fraction of sp³-hybridized carbons (Fsp3) is 0.250. The molecule has 0 atom stereocenters. The Bertz CT molecular complexity index is 754. The first kappa shape index (κ1) is 17.0. The average Bonchev–Trinajstić information content (AvgIpc) is 2.51. The normalized spacial score (nSPS) is 11.8. The van der Waals surface area contributed by atoms with E-state index < -0.39 is 10.0 Å². The van der Waals surface area contributed by atoms with Gasteiger partial charge in [-0.05, 0) is 51.3 Å². The maximum Gasteiger partial charge on any atom is 0.243 e. The third-order valence-electron chi connectivity index (χ3n) is 3.53. The number of nitrogens with two attached hydrogens (primary N) is 1. The van der Waals surface area contributed by atoms with Crippen molar-refractivity contribution in [1.29, 1.82) is 0 Å². The molecule has 0 bridgehead atoms. The molecule has 0 aliphatic rings. The molecule has 0 saturated carbocycles. The largest absolute Gasteiger partial charge is 0.398 e. The molecule has 0 radical (unpaired) electrons. The molecule has 0 fully saturated rings. The van der Waals surface area contributed by atoms with Crippen molar-refractivity contribution in [3.05, 3.63) is 46.9 Å². The number of nitrogen functional groups attached to an aromatic ring is 1. The van der Waals surface area contributed by atoms with Crippen LogP contribution in [-0.2, 0) is 10.0 Å². The van der Waals surface area contributed by atoms with E-state index in [0.29, 0.717) is 23.7 Å². The highest BCUT2D eigenvalue weighted by Gasteiger charge is 2.21. The van der Waals surface area contributed by atoms with Gasteiger partial charge >= 0.3 is 0 Å². The van der Waals surface area contributed by atoms with Gasteiger partial charge in [0.05, 0.1) is 4.90 Å². The molecule has 0 saturated heterocycles. The lowest BCUT2D eigenvalue weighted by molar-refractivity contribution is 0.445. The molecule has 2 aromatic carbocycles. The Kier molecular flexibility index (Phi) is 5.26. The van der Waals surface area contributed by atoms with Gasteiger partial charge in [-0.25, -0.2) is 8.42 Å². The summed E-state index contributed by atoms with van der Waals surface area (Å²) in [5.41, 5.74) is 8.37. The summed E-state index contributed by atoms with van der Waals surface area (Å²) in [5.74, 6) is 0. The number of sulfonamides is 1. The fourth-order valence-electron chi connectivity index (χ4n) is 2.24. The molecule has 0 aromatic heterocycles. The van der Waals surface area contributed by atoms with Crippen LogP contribution in [0.1, 0.15) is 13.8 Å². The standard InChI is InChI=1S/C16H19BrN2O2S/c1-3-19(4-2)22(20,21)14-8-5-12(6-9-14)13-7-10-16(18)15(17)11-13/h5-11H,3-4,18H2,1-2H3. The summed E-state index contributed by atoms with van der Waals surface area (Å²) < 4.78 is 27.2. The first-order valence-electron chi connectivity index (χ1n) is 7.05. The first-order chi connectivity index (χ1) is 10.4. The highest BCUT2D eigenvalue weighted by molar-refractivity contribution is 9.10. The molecule has 0 unspecified atom stereocenters. The smallest absolute Gasteiger partial charge is 0.243 e. The van der Waals surface area contributed by atoms with Crippen molar-refractivity contribution in [2.24, 2.45) is 0 Å². The summed E-state index contributed by atoms with van der Waals surface area (Å²) >= 11 is 3.40. The highest BCUT2D eigenvalue weighted by atomic mass is 79.9. The predicted octanol–water partition coefficient (Wildman–Crippen LogP) is 3.73. The second kappa shape index (κ2) is 6.81. The Balaban J connectivity index is 2.36. The molecule has 0 amide bonds. The van der Waals surface area contributed by atoms with Gasteiger partial charge in [0.25, 0.3) is 0 Å². The maximum absolute atomic E-state index is 12.4. The third-order valence-corrected chi connectivity index (χ3v) is 6.28. The third kappa shape index (κ3) is 3.34. The van der Waals surface area contributed by atoms with Crippen molar-refractivity contribution in [3.8, 4) is 11.1 Å². The van der Waals surface area contributed by atoms with Gasteiger partial charge in [-0.1, -0.05) is 32.0 Å². The monoisotopic (exact) mass is 382 g/mol. The minimum Gasteiger partial charge on any atom is -0.398 e. The van der Waals surface area contributed by atoms with E-state index in [-0.39, 0.29) is 0 Å². The number of anilines is 1. The van der Waals surface area contributed by atoms with Crippen LogP contribution < -0.4 is 5.73 Å². The van der Waals surface area contributed by atoms with Crippen molar-refractivity contribution in [3.63, 3.8) is 0 Å². The van der Waals surface area contributed by atoms with Crippen molar-refractivity contribution >= 4 is 31.6 Å². The van der Waals surface area contributed by atoms with Crippen molar-refractivity contribution < 1.29 is 8.42 Å². The van der Waals surface area contributed by atoms with Crippen LogP contribution in [0.4, 0.5) is 5.69 Å². The number of hydrogen-bond donors (Lipinski definition) is 1. The molecule has 6 heteroatoms. The maximum atomic E-state index is 12.4. The van der Waals surface area contributed by atoms with E-state index in [2.05, 4.69) is 15.9 Å². The Morgan fingerprint density at radius 1 is 1.00 bits per heavy atom. The summed E-state index contributed by atoms with van der Waals surface area (Å²) in [4.78, 5) is 0.314. The Labute approximate surface area is 140 Å². The van der Waals surface area contributed by atoms with Crippen LogP contribution in [0.15, 0.2) is 51.8 Å². The molecule has 2 N–H and O–H groups in total. The molecule has 0 aliphatic carbocycles. The number of halogens is 1. The van der Waals surface area contributed by atoms with E-state index in [1.807, 2.05) is 44.2 Å². The molecular weight excluding hydrogens is 364 g/mol. The molecule has 2 rings (SSSR count). The zero-order valence-corrected chi connectivity index (χ0v) is 15.0. The van der Waals surface area contributed by atoms with Crippen molar-refractivity contribution in [2.45, 2.75) is 18.7 Å². The molecule has 0 spiro atoms. The molecule has 118 valence electrons. The number of rotatable bonds is 5. The molecule has 0 aliphatic heterocycles. The van der Waals surface area contributed by atoms with Crippen LogP contribution in [0.5, 0.6) is 0 Å². The van der Waals surface area contributed by atoms with Crippen LogP contribution >= 0.6 is 15.9 Å². The Morgan fingerprint density at radius 3 is 2.05 bits per heavy atom. The number of nitrogens with zero attached hydrogens (tertiary/aromatic N) is 1. The lowest BCUT2D eigenvalue weighted by Gasteiger charge is -2.18. The van der Waals surface area contributed by atoms with E-state index in [9.17, 15) is 8.42 Å². The number of benzene rings is 2. The van der Waals surface area contributed by atoms with Gasteiger partial charge in [-0.3, -0.25) is 0 Å². The zero-order chi connectivity index (χ0) is 16.3. The highest BCUT2D eigenvalue weighted by Crippen LogP contribution is 2.28. The van der Waals surface area contributed by atoms with Crippen LogP contribution in [0.3, 0.4) is 0 Å². The minimum absolute atomic E-state index is 0.314. The molecule has 2 aromatic rings. The fourth-order valence-corrected chi connectivity index (χ4v) is 4.08. The summed E-state index contributed by atoms with van der Waals surface area (Å²) in [7, 11) is -3.41. The zero-order valence-electron chi connectivity index (χ0n) is 12.6. The van der Waals surface area contributed by atoms with Gasteiger partial charge in [0, 0.05) is 23.2 Å². The summed E-state index contributed by atoms with van der Waals surface area (Å²) in [6, 6.07) is 12.6. The average molecular weight is 383 g/mol. The first-order valence-corrected chi connectivity index (χ1v) is 9.29. The van der Waals surface area contributed by atoms with Crippen molar-refractivity contribution in [1.82, 2.24) is 4.31 Å². The van der Waals surface area contributed by atoms with Gasteiger partial charge in [0.15, 0.2) is 0 Å². The SMILES string of the molecule is CCN(CC)S(=O)(=O)c1ccc(-c2ccc(N)c(Br)c2)cc1. The van der Waals surface area contributed by atoms with Gasteiger partial charge < -0.3 is 5.73 Å². The van der Waals surface area contributed by atoms with Crippen LogP contribution in [0, 0.1) is 0 Å². The van der Waals surface area contributed by atoms with Crippen LogP contribution in [0.25, 0.3) is 11.1 Å². The lowest BCUT2D eigenvalue weighted by atomic mass is 10.1. The summed E-state index contributed by atoms with van der Waals surface area (Å²) in [5, 5.41) is 0. The second-order valence-electron chi connectivity index (χ2n) is 4.85. The molecule has 4 nitrogen and oxygen atoms in total. The van der Waals surface area contributed by atoms with Gasteiger partial charge in [-0.2, -0.15) is 4.31 Å². The molecule has 22 heavy (non-hydrogen) atoms. The Morgan fingerprint density at radius 2 is 1.55 bits per heavy atom. The summed E-state index contributed by atoms with van der Waals surface area (Å²) in [6.07, 6.45) is 0. The van der Waals surface area contributed by atoms with Crippen LogP contribution in [0.2, 0.25) is 0 Å². The van der Waals surface area contributed by atoms with Gasteiger partial charge in [0.1, 0.15) is 0 Å². The van der Waals surface area contributed by atoms with E-state index >= 15 is 0 Å². The minimum atomic E-state index is -3.41. The van der Waals surface area contributed by atoms with Crippen LogP contribution in [-0.4, -0.2) is 25.8 Å². The predicted molar refractivity (Wildman–Crippen MR) is 94.1 cm³/mol. The van der Waals surface area contributed by atoms with E-state index in [4.69, 9.17) is 5.73 Å². The molecule has 0 heterocycles.